The average Bonchev–Trinajstić information content (AvgIpc) is 2.46. The first-order valence-corrected chi connectivity index (χ1v) is 8.83. The van der Waals surface area contributed by atoms with Gasteiger partial charge in [-0.1, -0.05) is 6.07 Å². The number of rotatable bonds is 6. The van der Waals surface area contributed by atoms with E-state index in [9.17, 15) is 0 Å². The largest absolute Gasteiger partial charge is 0.492 e. The van der Waals surface area contributed by atoms with Crippen LogP contribution in [-0.4, -0.2) is 45.9 Å². The molecule has 1 fully saturated rings. The molecule has 112 valence electrons. The Balaban J connectivity index is 1.64. The summed E-state index contributed by atoms with van der Waals surface area (Å²) >= 11 is 2.35. The predicted molar refractivity (Wildman–Crippen MR) is 90.8 cm³/mol. The number of likely N-dealkylation sites (N-methyl/N-ethyl adjacent to an activating group) is 1. The molecule has 2 rings (SSSR count). The third-order valence-electron chi connectivity index (χ3n) is 4.18. The molecule has 0 radical (unpaired) electrons. The molecule has 4 heteroatoms. The van der Waals surface area contributed by atoms with Crippen LogP contribution in [0, 0.1) is 10.5 Å². The lowest BCUT2D eigenvalue weighted by Gasteiger charge is -2.28. The van der Waals surface area contributed by atoms with Crippen LogP contribution in [0.2, 0.25) is 0 Å². The summed E-state index contributed by atoms with van der Waals surface area (Å²) in [4.78, 5) is 3.52. The van der Waals surface area contributed by atoms with Gasteiger partial charge in [0.25, 0.3) is 0 Å². The number of ether oxygens (including phenoxy) is 1. The predicted octanol–water partition coefficient (Wildman–Crippen LogP) is 0.172. The summed E-state index contributed by atoms with van der Waals surface area (Å²) in [6.07, 6.45) is 1.15. The van der Waals surface area contributed by atoms with Crippen molar-refractivity contribution in [1.82, 2.24) is 0 Å². The van der Waals surface area contributed by atoms with Gasteiger partial charge >= 0.3 is 0 Å². The lowest BCUT2D eigenvalue weighted by atomic mass is 10.2. The maximum Gasteiger partial charge on any atom is 0.132 e. The third-order valence-corrected chi connectivity index (χ3v) is 5.03. The van der Waals surface area contributed by atoms with E-state index in [-0.39, 0.29) is 0 Å². The van der Waals surface area contributed by atoms with Crippen molar-refractivity contribution in [3.63, 3.8) is 0 Å². The summed E-state index contributed by atoms with van der Waals surface area (Å²) in [7, 11) is 0. The highest BCUT2D eigenvalue weighted by Gasteiger charge is 2.20. The van der Waals surface area contributed by atoms with Crippen molar-refractivity contribution < 1.29 is 14.5 Å². The van der Waals surface area contributed by atoms with Gasteiger partial charge in [-0.3, -0.25) is 0 Å². The van der Waals surface area contributed by atoms with Crippen LogP contribution in [0.3, 0.4) is 0 Å². The standard InChI is InChI=1S/C16H25IN2O/c1-3-18-8-10-19(11-9-18)7-4-12-20-16-6-5-14(2)13-15(16)17/h5-6,13H,3-4,7-12H2,1-2H3/p+2. The van der Waals surface area contributed by atoms with Crippen LogP contribution < -0.4 is 14.5 Å². The van der Waals surface area contributed by atoms with Crippen LogP contribution in [0.25, 0.3) is 0 Å². The van der Waals surface area contributed by atoms with E-state index in [4.69, 9.17) is 4.74 Å². The van der Waals surface area contributed by atoms with Crippen LogP contribution in [-0.2, 0) is 0 Å². The molecule has 0 aromatic heterocycles. The van der Waals surface area contributed by atoms with Crippen molar-refractivity contribution in [1.29, 1.82) is 0 Å². The highest BCUT2D eigenvalue weighted by molar-refractivity contribution is 14.1. The second-order valence-corrected chi connectivity index (χ2v) is 6.90. The van der Waals surface area contributed by atoms with Gasteiger partial charge in [-0.15, -0.1) is 0 Å². The molecule has 0 unspecified atom stereocenters. The Labute approximate surface area is 136 Å². The zero-order chi connectivity index (χ0) is 14.4. The molecule has 20 heavy (non-hydrogen) atoms. The Morgan fingerprint density at radius 1 is 1.15 bits per heavy atom. The molecule has 1 aromatic rings. The first-order valence-electron chi connectivity index (χ1n) is 7.75. The number of piperazine rings is 1. The summed E-state index contributed by atoms with van der Waals surface area (Å²) in [5.74, 6) is 1.03. The second kappa shape index (κ2) is 8.20. The zero-order valence-corrected chi connectivity index (χ0v) is 14.8. The van der Waals surface area contributed by atoms with E-state index >= 15 is 0 Å². The molecule has 1 aliphatic rings. The van der Waals surface area contributed by atoms with Gasteiger partial charge in [0.05, 0.1) is 23.3 Å². The van der Waals surface area contributed by atoms with Crippen LogP contribution in [0.1, 0.15) is 18.9 Å². The number of nitrogens with one attached hydrogen (secondary N) is 2. The molecule has 1 aliphatic heterocycles. The first kappa shape index (κ1) is 16.0. The molecule has 0 aliphatic carbocycles. The Hall–Kier alpha value is -0.330. The Morgan fingerprint density at radius 2 is 1.85 bits per heavy atom. The fourth-order valence-electron chi connectivity index (χ4n) is 2.79. The van der Waals surface area contributed by atoms with E-state index in [1.807, 2.05) is 0 Å². The summed E-state index contributed by atoms with van der Waals surface area (Å²) in [6.45, 7) is 13.1. The molecule has 0 amide bonds. The average molecular weight is 390 g/mol. The molecule has 1 aromatic carbocycles. The van der Waals surface area contributed by atoms with E-state index in [0.29, 0.717) is 0 Å². The number of hydrogen-bond acceptors (Lipinski definition) is 1. The van der Waals surface area contributed by atoms with Gasteiger partial charge in [-0.2, -0.15) is 0 Å². The van der Waals surface area contributed by atoms with Crippen molar-refractivity contribution >= 4 is 22.6 Å². The molecular formula is C16H27IN2O+2. The van der Waals surface area contributed by atoms with E-state index < -0.39 is 0 Å². The lowest BCUT2D eigenvalue weighted by molar-refractivity contribution is -1.01. The minimum absolute atomic E-state index is 0.840. The van der Waals surface area contributed by atoms with Gasteiger partial charge in [0.2, 0.25) is 0 Å². The molecule has 1 heterocycles. The van der Waals surface area contributed by atoms with Crippen molar-refractivity contribution in [2.45, 2.75) is 20.3 Å². The highest BCUT2D eigenvalue weighted by atomic mass is 127. The fourth-order valence-corrected chi connectivity index (χ4v) is 3.61. The molecule has 0 spiro atoms. The maximum absolute atomic E-state index is 5.90. The summed E-state index contributed by atoms with van der Waals surface area (Å²) in [5.41, 5.74) is 1.29. The number of halogens is 1. The van der Waals surface area contributed by atoms with Crippen LogP contribution in [0.5, 0.6) is 5.75 Å². The summed E-state index contributed by atoms with van der Waals surface area (Å²) in [5, 5.41) is 0. The van der Waals surface area contributed by atoms with Gasteiger partial charge in [-0.05, 0) is 54.1 Å². The third kappa shape index (κ3) is 4.90. The molecule has 3 nitrogen and oxygen atoms in total. The summed E-state index contributed by atoms with van der Waals surface area (Å²) < 4.78 is 7.12. The van der Waals surface area contributed by atoms with Gasteiger partial charge < -0.3 is 14.5 Å². The van der Waals surface area contributed by atoms with Crippen molar-refractivity contribution in [3.8, 4) is 5.75 Å². The van der Waals surface area contributed by atoms with E-state index in [0.717, 1.165) is 18.8 Å². The maximum atomic E-state index is 5.90. The quantitative estimate of drug-likeness (QED) is 0.524. The van der Waals surface area contributed by atoms with Gasteiger partial charge in [0, 0.05) is 6.42 Å². The fraction of sp³-hybridized carbons (Fsp3) is 0.625. The molecule has 0 saturated carbocycles. The van der Waals surface area contributed by atoms with E-state index in [1.165, 1.54) is 48.4 Å². The Kier molecular flexibility index (Phi) is 6.58. The topological polar surface area (TPSA) is 18.1 Å². The Bertz CT molecular complexity index is 417. The molecular weight excluding hydrogens is 363 g/mol. The van der Waals surface area contributed by atoms with Crippen LogP contribution >= 0.6 is 22.6 Å². The molecule has 0 bridgehead atoms. The number of aryl methyl sites for hydroxylation is 1. The second-order valence-electron chi connectivity index (χ2n) is 5.74. The first-order chi connectivity index (χ1) is 9.69. The summed E-state index contributed by atoms with van der Waals surface area (Å²) in [6, 6.07) is 6.39. The van der Waals surface area contributed by atoms with E-state index in [1.54, 1.807) is 9.80 Å². The monoisotopic (exact) mass is 390 g/mol. The smallest absolute Gasteiger partial charge is 0.132 e. The Morgan fingerprint density at radius 3 is 2.50 bits per heavy atom. The minimum Gasteiger partial charge on any atom is -0.492 e. The molecule has 1 saturated heterocycles. The lowest BCUT2D eigenvalue weighted by Crippen LogP contribution is -3.28. The minimum atomic E-state index is 0.840. The normalized spacial score (nSPS) is 22.8. The van der Waals surface area contributed by atoms with Gasteiger partial charge in [0.1, 0.15) is 31.9 Å². The van der Waals surface area contributed by atoms with Crippen LogP contribution in [0.4, 0.5) is 0 Å². The number of quaternary nitrogens is 2. The number of benzene rings is 1. The van der Waals surface area contributed by atoms with E-state index in [2.05, 4.69) is 54.6 Å². The molecule has 0 atom stereocenters. The van der Waals surface area contributed by atoms with Gasteiger partial charge in [0.15, 0.2) is 0 Å². The van der Waals surface area contributed by atoms with Crippen molar-refractivity contribution in [2.24, 2.45) is 0 Å². The molecule has 2 N–H and O–H groups in total. The van der Waals surface area contributed by atoms with Gasteiger partial charge in [-0.25, -0.2) is 0 Å². The highest BCUT2D eigenvalue weighted by Crippen LogP contribution is 2.21. The zero-order valence-electron chi connectivity index (χ0n) is 12.7. The number of hydrogen-bond donors (Lipinski definition) is 2. The van der Waals surface area contributed by atoms with Crippen molar-refractivity contribution in [3.05, 3.63) is 27.3 Å². The SMILES string of the molecule is CC[NH+]1CC[NH+](CCCOc2ccc(C)cc2I)CC1. The van der Waals surface area contributed by atoms with Crippen LogP contribution in [0.15, 0.2) is 18.2 Å². The van der Waals surface area contributed by atoms with Crippen molar-refractivity contribution in [2.75, 3.05) is 45.9 Å².